The van der Waals surface area contributed by atoms with Gasteiger partial charge in [0.1, 0.15) is 0 Å². The summed E-state index contributed by atoms with van der Waals surface area (Å²) >= 11 is 6.69. The zero-order chi connectivity index (χ0) is 16.2. The molecule has 0 spiro atoms. The predicted octanol–water partition coefficient (Wildman–Crippen LogP) is 2.51. The fraction of sp³-hybridized carbons (Fsp3) is 0.0714. The molecule has 9 heteroatoms. The lowest BCUT2D eigenvalue weighted by atomic mass is 10.2. The molecule has 0 radical (unpaired) electrons. The van der Waals surface area contributed by atoms with Crippen LogP contribution in [0.15, 0.2) is 51.7 Å². The van der Waals surface area contributed by atoms with Crippen molar-refractivity contribution in [2.24, 2.45) is 0 Å². The molecule has 3 rings (SSSR count). The van der Waals surface area contributed by atoms with Crippen LogP contribution >= 0.6 is 31.9 Å². The molecule has 0 aliphatic rings. The van der Waals surface area contributed by atoms with E-state index in [2.05, 4.69) is 57.7 Å². The number of carbonyl (C=O) groups excluding carboxylic acids is 1. The van der Waals surface area contributed by atoms with Gasteiger partial charge in [0, 0.05) is 21.3 Å². The topological polar surface area (TPSA) is 85.6 Å². The fourth-order valence-corrected chi connectivity index (χ4v) is 2.67. The van der Waals surface area contributed by atoms with E-state index in [9.17, 15) is 4.79 Å². The van der Waals surface area contributed by atoms with E-state index in [0.717, 1.165) is 14.6 Å². The number of hydrogen-bond donors (Lipinski definition) is 1. The summed E-state index contributed by atoms with van der Waals surface area (Å²) in [6.07, 6.45) is 3.11. The highest BCUT2D eigenvalue weighted by Crippen LogP contribution is 2.15. The number of halogens is 2. The van der Waals surface area contributed by atoms with Crippen LogP contribution in [0.1, 0.15) is 16.2 Å². The maximum atomic E-state index is 12.1. The molecular formula is C14H10Br2N6O. The van der Waals surface area contributed by atoms with Crippen molar-refractivity contribution in [2.45, 2.75) is 6.54 Å². The number of hydrogen-bond acceptors (Lipinski definition) is 5. The molecule has 0 aliphatic carbocycles. The Kier molecular flexibility index (Phi) is 4.77. The number of tetrazole rings is 1. The van der Waals surface area contributed by atoms with Crippen LogP contribution in [0, 0.1) is 0 Å². The SMILES string of the molecule is O=C(NCc1nnnn1-c1cccc(Br)c1)c1cncc(Br)c1. The predicted molar refractivity (Wildman–Crippen MR) is 90.0 cm³/mol. The second-order valence-corrected chi connectivity index (χ2v) is 6.39. The summed E-state index contributed by atoms with van der Waals surface area (Å²) in [4.78, 5) is 16.1. The molecule has 2 heterocycles. The van der Waals surface area contributed by atoms with Gasteiger partial charge in [-0.05, 0) is 50.6 Å². The fourth-order valence-electron chi connectivity index (χ4n) is 1.92. The highest BCUT2D eigenvalue weighted by Gasteiger charge is 2.11. The first kappa shape index (κ1) is 15.8. The molecule has 0 atom stereocenters. The van der Waals surface area contributed by atoms with E-state index >= 15 is 0 Å². The summed E-state index contributed by atoms with van der Waals surface area (Å²) < 4.78 is 3.23. The summed E-state index contributed by atoms with van der Waals surface area (Å²) in [5.41, 5.74) is 1.26. The molecule has 0 fully saturated rings. The Morgan fingerprint density at radius 3 is 2.83 bits per heavy atom. The van der Waals surface area contributed by atoms with Crippen molar-refractivity contribution in [3.05, 3.63) is 63.1 Å². The molecule has 116 valence electrons. The number of nitrogens with one attached hydrogen (secondary N) is 1. The molecule has 0 aliphatic heterocycles. The molecule has 0 saturated carbocycles. The Hall–Kier alpha value is -2.13. The highest BCUT2D eigenvalue weighted by molar-refractivity contribution is 9.10. The van der Waals surface area contributed by atoms with Crippen molar-refractivity contribution in [3.63, 3.8) is 0 Å². The lowest BCUT2D eigenvalue weighted by Gasteiger charge is -2.07. The zero-order valence-electron chi connectivity index (χ0n) is 11.6. The van der Waals surface area contributed by atoms with Gasteiger partial charge in [0.15, 0.2) is 5.82 Å². The average Bonchev–Trinajstić information content (AvgIpc) is 3.01. The number of rotatable bonds is 4. The molecule has 1 aromatic carbocycles. The largest absolute Gasteiger partial charge is 0.345 e. The van der Waals surface area contributed by atoms with Gasteiger partial charge in [-0.2, -0.15) is 4.68 Å². The van der Waals surface area contributed by atoms with Crippen molar-refractivity contribution < 1.29 is 4.79 Å². The van der Waals surface area contributed by atoms with E-state index in [1.807, 2.05) is 24.3 Å². The standard InChI is InChI=1S/C14H10Br2N6O/c15-10-2-1-3-12(5-10)22-13(19-20-21-22)8-18-14(23)9-4-11(16)7-17-6-9/h1-7H,8H2,(H,18,23). The minimum absolute atomic E-state index is 0.199. The third kappa shape index (κ3) is 3.80. The van der Waals surface area contributed by atoms with Crippen LogP contribution in [0.3, 0.4) is 0 Å². The molecule has 23 heavy (non-hydrogen) atoms. The van der Waals surface area contributed by atoms with Crippen LogP contribution in [0.25, 0.3) is 5.69 Å². The summed E-state index contributed by atoms with van der Waals surface area (Å²) in [6.45, 7) is 0.199. The highest BCUT2D eigenvalue weighted by atomic mass is 79.9. The summed E-state index contributed by atoms with van der Waals surface area (Å²) in [5.74, 6) is 0.280. The van der Waals surface area contributed by atoms with Gasteiger partial charge in [-0.3, -0.25) is 9.78 Å². The Balaban J connectivity index is 1.75. The molecule has 0 unspecified atom stereocenters. The molecular weight excluding hydrogens is 428 g/mol. The Labute approximate surface area is 148 Å². The summed E-state index contributed by atoms with van der Waals surface area (Å²) in [5, 5.41) is 14.4. The normalized spacial score (nSPS) is 10.5. The van der Waals surface area contributed by atoms with Crippen molar-refractivity contribution in [2.75, 3.05) is 0 Å². The van der Waals surface area contributed by atoms with Gasteiger partial charge in [0.05, 0.1) is 17.8 Å². The summed E-state index contributed by atoms with van der Waals surface area (Å²) in [6, 6.07) is 9.26. The van der Waals surface area contributed by atoms with Gasteiger partial charge in [-0.1, -0.05) is 22.0 Å². The van der Waals surface area contributed by atoms with Gasteiger partial charge >= 0.3 is 0 Å². The number of amides is 1. The smallest absolute Gasteiger partial charge is 0.253 e. The van der Waals surface area contributed by atoms with E-state index in [0.29, 0.717) is 11.4 Å². The average molecular weight is 438 g/mol. The third-order valence-corrected chi connectivity index (χ3v) is 3.89. The first-order valence-corrected chi connectivity index (χ1v) is 8.14. The minimum atomic E-state index is -0.248. The summed E-state index contributed by atoms with van der Waals surface area (Å²) in [7, 11) is 0. The van der Waals surface area contributed by atoms with E-state index in [4.69, 9.17) is 0 Å². The Bertz CT molecular complexity index is 851. The van der Waals surface area contributed by atoms with E-state index in [-0.39, 0.29) is 12.5 Å². The zero-order valence-corrected chi connectivity index (χ0v) is 14.8. The van der Waals surface area contributed by atoms with Crippen LogP contribution < -0.4 is 5.32 Å². The minimum Gasteiger partial charge on any atom is -0.345 e. The number of carbonyl (C=O) groups is 1. The molecule has 2 aromatic heterocycles. The van der Waals surface area contributed by atoms with Crippen molar-refractivity contribution in [1.29, 1.82) is 0 Å². The van der Waals surface area contributed by atoms with Gasteiger partial charge < -0.3 is 5.32 Å². The first-order chi connectivity index (χ1) is 11.1. The lowest BCUT2D eigenvalue weighted by Crippen LogP contribution is -2.24. The van der Waals surface area contributed by atoms with Crippen molar-refractivity contribution in [3.8, 4) is 5.69 Å². The number of nitrogens with zero attached hydrogens (tertiary/aromatic N) is 5. The van der Waals surface area contributed by atoms with E-state index < -0.39 is 0 Å². The van der Waals surface area contributed by atoms with Crippen molar-refractivity contribution in [1.82, 2.24) is 30.5 Å². The Morgan fingerprint density at radius 2 is 2.04 bits per heavy atom. The third-order valence-electron chi connectivity index (χ3n) is 2.96. The monoisotopic (exact) mass is 436 g/mol. The molecule has 1 amide bonds. The quantitative estimate of drug-likeness (QED) is 0.677. The van der Waals surface area contributed by atoms with Crippen LogP contribution in [-0.2, 0) is 6.54 Å². The Morgan fingerprint density at radius 1 is 1.17 bits per heavy atom. The molecule has 7 nitrogen and oxygen atoms in total. The molecule has 1 N–H and O–H groups in total. The van der Waals surface area contributed by atoms with Crippen LogP contribution in [0.2, 0.25) is 0 Å². The van der Waals surface area contributed by atoms with Gasteiger partial charge in [-0.15, -0.1) is 5.10 Å². The van der Waals surface area contributed by atoms with Crippen molar-refractivity contribution >= 4 is 37.8 Å². The van der Waals surface area contributed by atoms with Gasteiger partial charge in [0.25, 0.3) is 5.91 Å². The number of aromatic nitrogens is 5. The number of pyridine rings is 1. The molecule has 0 bridgehead atoms. The molecule has 3 aromatic rings. The van der Waals surface area contributed by atoms with Crippen LogP contribution in [0.4, 0.5) is 0 Å². The van der Waals surface area contributed by atoms with E-state index in [1.54, 1.807) is 16.9 Å². The second kappa shape index (κ2) is 6.97. The van der Waals surface area contributed by atoms with E-state index in [1.165, 1.54) is 6.20 Å². The molecule has 0 saturated heterocycles. The number of benzene rings is 1. The van der Waals surface area contributed by atoms with Gasteiger partial charge in [0.2, 0.25) is 0 Å². The maximum absolute atomic E-state index is 12.1. The second-order valence-electron chi connectivity index (χ2n) is 4.56. The lowest BCUT2D eigenvalue weighted by molar-refractivity contribution is 0.0949. The van der Waals surface area contributed by atoms with Crippen LogP contribution in [-0.4, -0.2) is 31.1 Å². The first-order valence-electron chi connectivity index (χ1n) is 6.55. The van der Waals surface area contributed by atoms with Gasteiger partial charge in [-0.25, -0.2) is 0 Å². The van der Waals surface area contributed by atoms with Crippen LogP contribution in [0.5, 0.6) is 0 Å². The maximum Gasteiger partial charge on any atom is 0.253 e.